The Balaban J connectivity index is 4.61. The molecule has 0 aliphatic rings. The fourth-order valence-electron chi connectivity index (χ4n) is 1.66. The van der Waals surface area contributed by atoms with E-state index in [4.69, 9.17) is 4.43 Å². The van der Waals surface area contributed by atoms with Gasteiger partial charge in [0.05, 0.1) is 6.04 Å². The Bertz CT molecular complexity index is 131. The van der Waals surface area contributed by atoms with E-state index in [-0.39, 0.29) is 0 Å². The normalized spacial score (nSPS) is 19.8. The zero-order valence-electron chi connectivity index (χ0n) is 9.59. The molecule has 0 saturated carbocycles. The second kappa shape index (κ2) is 4.55. The average molecular weight is 206 g/mol. The van der Waals surface area contributed by atoms with Gasteiger partial charge in [0, 0.05) is 20.7 Å². The molecule has 74 valence electrons. The van der Waals surface area contributed by atoms with Gasteiger partial charge in [-0.25, -0.2) is 0 Å². The van der Waals surface area contributed by atoms with Crippen molar-refractivity contribution in [2.45, 2.75) is 39.5 Å². The second-order valence-corrected chi connectivity index (χ2v) is 10.9. The zero-order valence-corrected chi connectivity index (χ0v) is 11.9. The first-order valence-corrected chi connectivity index (χ1v) is 9.72. The highest BCUT2D eigenvalue weighted by atomic mass is 28.4. The molecule has 0 fully saturated rings. The van der Waals surface area contributed by atoms with Crippen LogP contribution in [-0.4, -0.2) is 42.2 Å². The summed E-state index contributed by atoms with van der Waals surface area (Å²) in [5.74, 6) is 0. The molecule has 12 heavy (non-hydrogen) atoms. The maximum Gasteiger partial charge on any atom is 0.400 e. The van der Waals surface area contributed by atoms with Gasteiger partial charge in [-0.2, -0.15) is 0 Å². The summed E-state index contributed by atoms with van der Waals surface area (Å²) in [6.45, 7) is 11.8. The summed E-state index contributed by atoms with van der Waals surface area (Å²) < 4.78 is 6.83. The quantitative estimate of drug-likeness (QED) is 0.631. The number of hydrogen-bond donors (Lipinski definition) is 0. The maximum absolute atomic E-state index is 5.58. The second-order valence-electron chi connectivity index (χ2n) is 4.24. The largest absolute Gasteiger partial charge is 0.428 e. The van der Waals surface area contributed by atoms with Crippen molar-refractivity contribution in [3.05, 3.63) is 0 Å². The van der Waals surface area contributed by atoms with E-state index in [9.17, 15) is 0 Å². The molecule has 0 aromatic carbocycles. The molecule has 0 spiro atoms. The Labute approximate surface area is 80.6 Å². The van der Waals surface area contributed by atoms with Crippen LogP contribution in [0.2, 0.25) is 19.6 Å². The molecule has 0 heterocycles. The van der Waals surface area contributed by atoms with E-state index in [1.807, 2.05) is 7.11 Å². The summed E-state index contributed by atoms with van der Waals surface area (Å²) in [7, 11) is 2.56. The third kappa shape index (κ3) is 2.19. The standard InChI is InChI=1S/C8H24NOSi2/c1-8(2)9(3,11(5)6)12(7)10-4/h8,11-12H,1-7H3/q+1. The van der Waals surface area contributed by atoms with Crippen molar-refractivity contribution in [1.82, 2.24) is 0 Å². The minimum atomic E-state index is -1.03. The Morgan fingerprint density at radius 2 is 1.58 bits per heavy atom. The van der Waals surface area contributed by atoms with Gasteiger partial charge in [-0.1, -0.05) is 0 Å². The van der Waals surface area contributed by atoms with E-state index < -0.39 is 18.2 Å². The Morgan fingerprint density at radius 3 is 1.67 bits per heavy atom. The number of rotatable bonds is 4. The van der Waals surface area contributed by atoms with Crippen molar-refractivity contribution in [1.29, 1.82) is 0 Å². The van der Waals surface area contributed by atoms with Gasteiger partial charge in [0.15, 0.2) is 0 Å². The molecule has 2 atom stereocenters. The predicted molar refractivity (Wildman–Crippen MR) is 60.2 cm³/mol. The topological polar surface area (TPSA) is 9.23 Å². The molecular weight excluding hydrogens is 182 g/mol. The van der Waals surface area contributed by atoms with Crippen LogP contribution in [0.25, 0.3) is 0 Å². The molecule has 0 aliphatic carbocycles. The molecule has 0 saturated heterocycles. The number of quaternary nitrogens is 1. The lowest BCUT2D eigenvalue weighted by Crippen LogP contribution is -2.65. The van der Waals surface area contributed by atoms with Crippen LogP contribution in [0.4, 0.5) is 0 Å². The van der Waals surface area contributed by atoms with Gasteiger partial charge in [-0.05, 0) is 26.9 Å². The van der Waals surface area contributed by atoms with Gasteiger partial charge >= 0.3 is 9.20 Å². The number of nitrogens with zero attached hydrogens (tertiary/aromatic N) is 1. The van der Waals surface area contributed by atoms with Crippen molar-refractivity contribution in [3.8, 4) is 0 Å². The fourth-order valence-corrected chi connectivity index (χ4v) is 7.87. The van der Waals surface area contributed by atoms with E-state index in [2.05, 4.69) is 40.5 Å². The van der Waals surface area contributed by atoms with Crippen LogP contribution in [-0.2, 0) is 4.43 Å². The van der Waals surface area contributed by atoms with E-state index in [0.29, 0.717) is 0 Å². The molecule has 2 unspecified atom stereocenters. The molecule has 0 aliphatic heterocycles. The van der Waals surface area contributed by atoms with Crippen molar-refractivity contribution in [2.24, 2.45) is 0 Å². The smallest absolute Gasteiger partial charge is 0.400 e. The van der Waals surface area contributed by atoms with Crippen molar-refractivity contribution in [3.63, 3.8) is 0 Å². The Kier molecular flexibility index (Phi) is 4.69. The number of hydrogen-bond acceptors (Lipinski definition) is 1. The molecular formula is C8H24NOSi2+. The average Bonchev–Trinajstić information content (AvgIpc) is 2.00. The highest BCUT2D eigenvalue weighted by Gasteiger charge is 2.37. The minimum absolute atomic E-state index is 0.660. The third-order valence-electron chi connectivity index (χ3n) is 3.35. The van der Waals surface area contributed by atoms with Gasteiger partial charge in [0.2, 0.25) is 8.96 Å². The van der Waals surface area contributed by atoms with Crippen LogP contribution in [0.5, 0.6) is 0 Å². The van der Waals surface area contributed by atoms with Crippen LogP contribution < -0.4 is 0 Å². The molecule has 0 aromatic heterocycles. The van der Waals surface area contributed by atoms with Gasteiger partial charge in [0.25, 0.3) is 0 Å². The predicted octanol–water partition coefficient (Wildman–Crippen LogP) is 1.32. The Morgan fingerprint density at radius 1 is 1.17 bits per heavy atom. The van der Waals surface area contributed by atoms with Crippen LogP contribution in [0.3, 0.4) is 0 Å². The zero-order chi connectivity index (χ0) is 9.94. The van der Waals surface area contributed by atoms with E-state index in [1.54, 1.807) is 0 Å². The molecule has 0 aromatic rings. The summed E-state index contributed by atoms with van der Waals surface area (Å²) in [6.07, 6.45) is 0. The summed E-state index contributed by atoms with van der Waals surface area (Å²) >= 11 is 0. The fraction of sp³-hybridized carbons (Fsp3) is 1.00. The van der Waals surface area contributed by atoms with Gasteiger partial charge < -0.3 is 8.24 Å². The van der Waals surface area contributed by atoms with Gasteiger partial charge in [0.1, 0.15) is 0 Å². The SMILES string of the molecule is CO[SiH](C)[N+](C)(C(C)C)[SiH](C)C. The molecule has 0 amide bonds. The molecule has 0 radical (unpaired) electrons. The summed E-state index contributed by atoms with van der Waals surface area (Å²) in [5.41, 5.74) is 0. The van der Waals surface area contributed by atoms with Crippen molar-refractivity contribution in [2.75, 3.05) is 14.2 Å². The van der Waals surface area contributed by atoms with E-state index >= 15 is 0 Å². The van der Waals surface area contributed by atoms with Crippen LogP contribution in [0.15, 0.2) is 0 Å². The molecule has 4 heteroatoms. The lowest BCUT2D eigenvalue weighted by molar-refractivity contribution is -0.728. The summed E-state index contributed by atoms with van der Waals surface area (Å²) in [5, 5.41) is 0. The van der Waals surface area contributed by atoms with Crippen LogP contribution in [0.1, 0.15) is 13.8 Å². The first-order valence-electron chi connectivity index (χ1n) is 4.75. The maximum atomic E-state index is 5.58. The molecule has 0 bridgehead atoms. The monoisotopic (exact) mass is 206 g/mol. The third-order valence-corrected chi connectivity index (χ3v) is 12.1. The lowest BCUT2D eigenvalue weighted by atomic mass is 10.4. The van der Waals surface area contributed by atoms with Crippen LogP contribution in [0, 0.1) is 0 Å². The first kappa shape index (κ1) is 12.4. The first-order chi connectivity index (χ1) is 5.37. The van der Waals surface area contributed by atoms with Gasteiger partial charge in [-0.15, -0.1) is 0 Å². The van der Waals surface area contributed by atoms with E-state index in [1.165, 1.54) is 3.81 Å². The molecule has 2 nitrogen and oxygen atoms in total. The van der Waals surface area contributed by atoms with Gasteiger partial charge in [-0.3, -0.25) is 0 Å². The van der Waals surface area contributed by atoms with Crippen LogP contribution >= 0.6 is 0 Å². The molecule has 0 rings (SSSR count). The van der Waals surface area contributed by atoms with Crippen molar-refractivity contribution >= 4 is 18.2 Å². The van der Waals surface area contributed by atoms with E-state index in [0.717, 1.165) is 6.04 Å². The summed E-state index contributed by atoms with van der Waals surface area (Å²) in [6, 6.07) is 0.721. The van der Waals surface area contributed by atoms with Crippen molar-refractivity contribution < 1.29 is 8.24 Å². The molecule has 0 N–H and O–H groups in total. The minimum Gasteiger partial charge on any atom is -0.428 e. The highest BCUT2D eigenvalue weighted by molar-refractivity contribution is 6.59. The lowest BCUT2D eigenvalue weighted by Gasteiger charge is -2.47. The highest BCUT2D eigenvalue weighted by Crippen LogP contribution is 2.16. The Hall–Kier alpha value is 0.354. The summed E-state index contributed by atoms with van der Waals surface area (Å²) in [4.78, 5) is 0.